The van der Waals surface area contributed by atoms with Gasteiger partial charge in [0, 0.05) is 12.5 Å². The SMILES string of the molecule is CC(=O)Nc1cn(Cc2c(F)cccc2F)nn1. The summed E-state index contributed by atoms with van der Waals surface area (Å²) in [4.78, 5) is 10.8. The van der Waals surface area contributed by atoms with Crippen LogP contribution in [0.5, 0.6) is 0 Å². The number of aromatic nitrogens is 3. The molecule has 1 heterocycles. The summed E-state index contributed by atoms with van der Waals surface area (Å²) in [6.45, 7) is 1.24. The van der Waals surface area contributed by atoms with Crippen molar-refractivity contribution in [3.8, 4) is 0 Å². The Kier molecular flexibility index (Phi) is 3.31. The van der Waals surface area contributed by atoms with Crippen LogP contribution in [-0.4, -0.2) is 20.9 Å². The number of carbonyl (C=O) groups is 1. The number of rotatable bonds is 3. The first-order valence-corrected chi connectivity index (χ1v) is 5.17. The van der Waals surface area contributed by atoms with E-state index in [-0.39, 0.29) is 23.8 Å². The van der Waals surface area contributed by atoms with Gasteiger partial charge in [0.15, 0.2) is 5.82 Å². The molecule has 18 heavy (non-hydrogen) atoms. The molecule has 1 N–H and O–H groups in total. The van der Waals surface area contributed by atoms with Crippen molar-refractivity contribution in [2.75, 3.05) is 5.32 Å². The lowest BCUT2D eigenvalue weighted by atomic mass is 10.2. The minimum absolute atomic E-state index is 0.0922. The quantitative estimate of drug-likeness (QED) is 0.901. The van der Waals surface area contributed by atoms with Gasteiger partial charge in [-0.25, -0.2) is 13.5 Å². The Morgan fingerprint density at radius 1 is 1.39 bits per heavy atom. The van der Waals surface area contributed by atoms with Gasteiger partial charge in [0.05, 0.1) is 12.7 Å². The zero-order chi connectivity index (χ0) is 13.1. The summed E-state index contributed by atoms with van der Waals surface area (Å²) in [6, 6.07) is 3.63. The van der Waals surface area contributed by atoms with Gasteiger partial charge < -0.3 is 5.32 Å². The van der Waals surface area contributed by atoms with Gasteiger partial charge in [-0.1, -0.05) is 11.3 Å². The molecule has 0 aliphatic heterocycles. The highest BCUT2D eigenvalue weighted by atomic mass is 19.1. The maximum absolute atomic E-state index is 13.4. The number of hydrogen-bond acceptors (Lipinski definition) is 3. The summed E-state index contributed by atoms with van der Waals surface area (Å²) in [5.74, 6) is -1.35. The molecule has 0 radical (unpaired) electrons. The molecule has 0 atom stereocenters. The number of amides is 1. The zero-order valence-electron chi connectivity index (χ0n) is 9.52. The third-order valence-electron chi connectivity index (χ3n) is 2.22. The Morgan fingerprint density at radius 3 is 2.67 bits per heavy atom. The fourth-order valence-corrected chi connectivity index (χ4v) is 1.46. The Hall–Kier alpha value is -2.31. The van der Waals surface area contributed by atoms with Gasteiger partial charge >= 0.3 is 0 Å². The van der Waals surface area contributed by atoms with Crippen molar-refractivity contribution in [2.24, 2.45) is 0 Å². The number of anilines is 1. The average molecular weight is 252 g/mol. The first-order chi connectivity index (χ1) is 8.56. The van der Waals surface area contributed by atoms with Crippen molar-refractivity contribution in [3.05, 3.63) is 41.6 Å². The van der Waals surface area contributed by atoms with Crippen molar-refractivity contribution < 1.29 is 13.6 Å². The van der Waals surface area contributed by atoms with Crippen LogP contribution in [0.4, 0.5) is 14.6 Å². The molecule has 5 nitrogen and oxygen atoms in total. The number of nitrogens with zero attached hydrogens (tertiary/aromatic N) is 3. The molecule has 2 rings (SSSR count). The molecular weight excluding hydrogens is 242 g/mol. The molecule has 0 saturated heterocycles. The maximum Gasteiger partial charge on any atom is 0.222 e. The maximum atomic E-state index is 13.4. The third kappa shape index (κ3) is 2.68. The van der Waals surface area contributed by atoms with Gasteiger partial charge in [-0.3, -0.25) is 4.79 Å². The van der Waals surface area contributed by atoms with Crippen LogP contribution in [-0.2, 0) is 11.3 Å². The highest BCUT2D eigenvalue weighted by Crippen LogP contribution is 2.13. The molecule has 0 saturated carbocycles. The van der Waals surface area contributed by atoms with E-state index in [9.17, 15) is 13.6 Å². The monoisotopic (exact) mass is 252 g/mol. The lowest BCUT2D eigenvalue weighted by Crippen LogP contribution is -2.06. The molecular formula is C11H10F2N4O. The lowest BCUT2D eigenvalue weighted by molar-refractivity contribution is -0.114. The van der Waals surface area contributed by atoms with Crippen LogP contribution in [0.25, 0.3) is 0 Å². The normalized spacial score (nSPS) is 10.4. The van der Waals surface area contributed by atoms with E-state index in [1.165, 1.54) is 36.0 Å². The van der Waals surface area contributed by atoms with Crippen LogP contribution in [0.3, 0.4) is 0 Å². The summed E-state index contributed by atoms with van der Waals surface area (Å²) in [7, 11) is 0. The highest BCUT2D eigenvalue weighted by molar-refractivity contribution is 5.87. The number of carbonyl (C=O) groups excluding carboxylic acids is 1. The van der Waals surface area contributed by atoms with Crippen LogP contribution in [0.15, 0.2) is 24.4 Å². The molecule has 2 aromatic rings. The van der Waals surface area contributed by atoms with Crippen LogP contribution >= 0.6 is 0 Å². The molecule has 0 aliphatic carbocycles. The second-order valence-corrected chi connectivity index (χ2v) is 3.68. The van der Waals surface area contributed by atoms with Crippen molar-refractivity contribution >= 4 is 11.7 Å². The summed E-state index contributed by atoms with van der Waals surface area (Å²) < 4.78 is 28.0. The Bertz CT molecular complexity index is 562. The molecule has 94 valence electrons. The summed E-state index contributed by atoms with van der Waals surface area (Å²) >= 11 is 0. The fourth-order valence-electron chi connectivity index (χ4n) is 1.46. The van der Waals surface area contributed by atoms with Gasteiger partial charge in [-0.05, 0) is 12.1 Å². The van der Waals surface area contributed by atoms with Gasteiger partial charge in [0.1, 0.15) is 11.6 Å². The fraction of sp³-hybridized carbons (Fsp3) is 0.182. The Labute approximate surface area is 101 Å². The van der Waals surface area contributed by atoms with Crippen molar-refractivity contribution in [3.63, 3.8) is 0 Å². The lowest BCUT2D eigenvalue weighted by Gasteiger charge is -2.03. The van der Waals surface area contributed by atoms with Gasteiger partial charge in [0.2, 0.25) is 5.91 Å². The standard InChI is InChI=1S/C11H10F2N4O/c1-7(18)14-11-6-17(16-15-11)5-8-9(12)3-2-4-10(8)13/h2-4,6H,5H2,1H3,(H,14,18). The topological polar surface area (TPSA) is 59.8 Å². The second-order valence-electron chi connectivity index (χ2n) is 3.68. The van der Waals surface area contributed by atoms with Gasteiger partial charge in [-0.15, -0.1) is 5.10 Å². The van der Waals surface area contributed by atoms with Crippen molar-refractivity contribution in [1.29, 1.82) is 0 Å². The molecule has 1 aromatic carbocycles. The number of halogens is 2. The van der Waals surface area contributed by atoms with Gasteiger partial charge in [-0.2, -0.15) is 0 Å². The van der Waals surface area contributed by atoms with E-state index in [0.717, 1.165) is 0 Å². The molecule has 1 amide bonds. The van der Waals surface area contributed by atoms with Gasteiger partial charge in [0.25, 0.3) is 0 Å². The number of benzene rings is 1. The molecule has 0 unspecified atom stereocenters. The summed E-state index contributed by atoms with van der Waals surface area (Å²) in [6.07, 6.45) is 1.40. The minimum Gasteiger partial charge on any atom is -0.308 e. The van der Waals surface area contributed by atoms with Crippen molar-refractivity contribution in [2.45, 2.75) is 13.5 Å². The summed E-state index contributed by atoms with van der Waals surface area (Å²) in [5.41, 5.74) is -0.100. The molecule has 0 fully saturated rings. The van der Waals surface area contributed by atoms with E-state index in [1.807, 2.05) is 0 Å². The van der Waals surface area contributed by atoms with E-state index < -0.39 is 11.6 Å². The smallest absolute Gasteiger partial charge is 0.222 e. The summed E-state index contributed by atoms with van der Waals surface area (Å²) in [5, 5.41) is 9.73. The Balaban J connectivity index is 2.19. The zero-order valence-corrected chi connectivity index (χ0v) is 9.52. The predicted molar refractivity (Wildman–Crippen MR) is 59.8 cm³/mol. The molecule has 0 bridgehead atoms. The first kappa shape index (κ1) is 12.2. The Morgan fingerprint density at radius 2 is 2.06 bits per heavy atom. The predicted octanol–water partition coefficient (Wildman–Crippen LogP) is 1.56. The average Bonchev–Trinajstić information content (AvgIpc) is 2.70. The minimum atomic E-state index is -0.647. The van der Waals surface area contributed by atoms with E-state index >= 15 is 0 Å². The van der Waals surface area contributed by atoms with Crippen LogP contribution in [0, 0.1) is 11.6 Å². The third-order valence-corrected chi connectivity index (χ3v) is 2.22. The van der Waals surface area contributed by atoms with Crippen LogP contribution < -0.4 is 5.32 Å². The number of hydrogen-bond donors (Lipinski definition) is 1. The van der Waals surface area contributed by atoms with E-state index in [1.54, 1.807) is 0 Å². The molecule has 7 heteroatoms. The molecule has 1 aromatic heterocycles. The first-order valence-electron chi connectivity index (χ1n) is 5.17. The van der Waals surface area contributed by atoms with Crippen LogP contribution in [0.1, 0.15) is 12.5 Å². The van der Waals surface area contributed by atoms with E-state index in [2.05, 4.69) is 15.6 Å². The largest absolute Gasteiger partial charge is 0.308 e. The highest BCUT2D eigenvalue weighted by Gasteiger charge is 2.10. The van der Waals surface area contributed by atoms with Crippen molar-refractivity contribution in [1.82, 2.24) is 15.0 Å². The number of nitrogens with one attached hydrogen (secondary N) is 1. The van der Waals surface area contributed by atoms with E-state index in [4.69, 9.17) is 0 Å². The van der Waals surface area contributed by atoms with E-state index in [0.29, 0.717) is 0 Å². The van der Waals surface area contributed by atoms with Crippen LogP contribution in [0.2, 0.25) is 0 Å². The molecule has 0 spiro atoms. The second kappa shape index (κ2) is 4.91. The molecule has 0 aliphatic rings.